The smallest absolute Gasteiger partial charge is 0.305 e. The Labute approximate surface area is 152 Å². The van der Waals surface area contributed by atoms with E-state index in [1.54, 1.807) is 11.3 Å². The minimum absolute atomic E-state index is 0.106. The van der Waals surface area contributed by atoms with Crippen LogP contribution in [0, 0.1) is 0 Å². The highest BCUT2D eigenvalue weighted by Gasteiger charge is 2.31. The van der Waals surface area contributed by atoms with Crippen molar-refractivity contribution < 1.29 is 9.53 Å². The number of aromatic nitrogens is 1. The summed E-state index contributed by atoms with van der Waals surface area (Å²) in [6.07, 6.45) is 3.00. The number of hydrogen-bond donors (Lipinski definition) is 1. The summed E-state index contributed by atoms with van der Waals surface area (Å²) in [5.74, 6) is -0.175. The number of nitrogens with one attached hydrogen (secondary N) is 1. The number of benzene rings is 1. The van der Waals surface area contributed by atoms with Crippen molar-refractivity contribution in [3.63, 3.8) is 0 Å². The second-order valence-corrected chi connectivity index (χ2v) is 6.97. The van der Waals surface area contributed by atoms with Crippen LogP contribution in [-0.2, 0) is 14.9 Å². The minimum Gasteiger partial charge on any atom is -0.469 e. The lowest BCUT2D eigenvalue weighted by molar-refractivity contribution is -0.141. The van der Waals surface area contributed by atoms with Crippen LogP contribution in [0.4, 0.5) is 10.8 Å². The van der Waals surface area contributed by atoms with E-state index in [1.165, 1.54) is 7.11 Å². The van der Waals surface area contributed by atoms with Crippen molar-refractivity contribution in [2.75, 3.05) is 12.4 Å². The molecule has 130 valence electrons. The Bertz CT molecular complexity index is 683. The predicted octanol–water partition coefficient (Wildman–Crippen LogP) is 5.55. The predicted molar refractivity (Wildman–Crippen MR) is 100 cm³/mol. The molecular formula is C18H23ClN2O2S. The molecule has 0 saturated heterocycles. The first kappa shape index (κ1) is 18.7. The van der Waals surface area contributed by atoms with Crippen LogP contribution in [0.3, 0.4) is 0 Å². The third-order valence-corrected chi connectivity index (χ3v) is 5.64. The van der Waals surface area contributed by atoms with Gasteiger partial charge >= 0.3 is 5.97 Å². The molecule has 0 aliphatic heterocycles. The fraction of sp³-hybridized carbons (Fsp3) is 0.444. The minimum atomic E-state index is -0.175. The zero-order valence-corrected chi connectivity index (χ0v) is 15.8. The van der Waals surface area contributed by atoms with Crippen molar-refractivity contribution >= 4 is 39.7 Å². The number of para-hydroxylation sites is 1. The molecule has 0 amide bonds. The third-order valence-electron chi connectivity index (χ3n) is 4.55. The fourth-order valence-corrected chi connectivity index (χ4v) is 3.82. The molecule has 4 nitrogen and oxygen atoms in total. The summed E-state index contributed by atoms with van der Waals surface area (Å²) in [5, 5.41) is 6.82. The van der Waals surface area contributed by atoms with E-state index in [1.807, 2.05) is 24.3 Å². The van der Waals surface area contributed by atoms with Crippen molar-refractivity contribution in [1.82, 2.24) is 4.98 Å². The molecule has 2 aromatic rings. The van der Waals surface area contributed by atoms with Gasteiger partial charge in [-0.15, -0.1) is 11.3 Å². The number of methoxy groups -OCH3 is 1. The van der Waals surface area contributed by atoms with Crippen LogP contribution in [-0.4, -0.2) is 18.1 Å². The fourth-order valence-electron chi connectivity index (χ4n) is 2.79. The van der Waals surface area contributed by atoms with Gasteiger partial charge in [0.2, 0.25) is 0 Å². The zero-order chi connectivity index (χ0) is 17.6. The van der Waals surface area contributed by atoms with Gasteiger partial charge in [-0.3, -0.25) is 4.79 Å². The van der Waals surface area contributed by atoms with E-state index < -0.39 is 0 Å². The first-order chi connectivity index (χ1) is 11.5. The molecule has 0 aliphatic rings. The monoisotopic (exact) mass is 366 g/mol. The van der Waals surface area contributed by atoms with Crippen LogP contribution in [0.25, 0.3) is 0 Å². The third kappa shape index (κ3) is 4.28. The summed E-state index contributed by atoms with van der Waals surface area (Å²) in [6, 6.07) is 7.60. The number of nitrogens with zero attached hydrogens (tertiary/aromatic N) is 1. The Morgan fingerprint density at radius 2 is 2.04 bits per heavy atom. The first-order valence-electron chi connectivity index (χ1n) is 8.09. The van der Waals surface area contributed by atoms with Gasteiger partial charge < -0.3 is 10.1 Å². The number of rotatable bonds is 8. The molecule has 1 aromatic heterocycles. The SMILES string of the molecule is CCC(CC)(CCC(=O)OC)c1csc(Nc2ccccc2Cl)n1. The number of anilines is 2. The Morgan fingerprint density at radius 3 is 2.67 bits per heavy atom. The van der Waals surface area contributed by atoms with Gasteiger partial charge in [-0.2, -0.15) is 0 Å². The van der Waals surface area contributed by atoms with Gasteiger partial charge in [0, 0.05) is 17.2 Å². The van der Waals surface area contributed by atoms with Crippen molar-refractivity contribution in [1.29, 1.82) is 0 Å². The van der Waals surface area contributed by atoms with Crippen molar-refractivity contribution in [3.05, 3.63) is 40.4 Å². The average molecular weight is 367 g/mol. The van der Waals surface area contributed by atoms with Gasteiger partial charge in [0.15, 0.2) is 5.13 Å². The number of carbonyl (C=O) groups is 1. The molecule has 6 heteroatoms. The summed E-state index contributed by atoms with van der Waals surface area (Å²) in [7, 11) is 1.43. The molecule has 0 unspecified atom stereocenters. The Hall–Kier alpha value is -1.59. The molecule has 2 rings (SSSR count). The summed E-state index contributed by atoms with van der Waals surface area (Å²) in [6.45, 7) is 4.28. The molecule has 0 spiro atoms. The molecule has 0 aliphatic carbocycles. The lowest BCUT2D eigenvalue weighted by Gasteiger charge is -2.29. The maximum atomic E-state index is 11.5. The lowest BCUT2D eigenvalue weighted by atomic mass is 9.76. The molecular weight excluding hydrogens is 344 g/mol. The summed E-state index contributed by atoms with van der Waals surface area (Å²) in [5.41, 5.74) is 1.76. The Morgan fingerprint density at radius 1 is 1.33 bits per heavy atom. The van der Waals surface area contributed by atoms with E-state index in [-0.39, 0.29) is 11.4 Å². The van der Waals surface area contributed by atoms with Gasteiger partial charge in [-0.05, 0) is 31.4 Å². The molecule has 0 atom stereocenters. The molecule has 1 N–H and O–H groups in total. The summed E-state index contributed by atoms with van der Waals surface area (Å²) in [4.78, 5) is 16.3. The molecule has 1 heterocycles. The Kier molecular flexibility index (Phi) is 6.63. The number of hydrogen-bond acceptors (Lipinski definition) is 5. The van der Waals surface area contributed by atoms with E-state index in [0.717, 1.165) is 35.8 Å². The second kappa shape index (κ2) is 8.49. The lowest BCUT2D eigenvalue weighted by Crippen LogP contribution is -2.26. The standard InChI is InChI=1S/C18H23ClN2O2S/c1-4-18(5-2,11-10-16(22)23-3)15-12-24-17(21-15)20-14-9-7-6-8-13(14)19/h6-9,12H,4-5,10-11H2,1-3H3,(H,20,21). The van der Waals surface area contributed by atoms with E-state index in [2.05, 4.69) is 24.5 Å². The molecule has 24 heavy (non-hydrogen) atoms. The second-order valence-electron chi connectivity index (χ2n) is 5.71. The first-order valence-corrected chi connectivity index (χ1v) is 9.34. The highest BCUT2D eigenvalue weighted by atomic mass is 35.5. The maximum absolute atomic E-state index is 11.5. The Balaban J connectivity index is 2.19. The van der Waals surface area contributed by atoms with Crippen molar-refractivity contribution in [2.45, 2.75) is 44.9 Å². The largest absolute Gasteiger partial charge is 0.469 e. The van der Waals surface area contributed by atoms with E-state index in [9.17, 15) is 4.79 Å². The van der Waals surface area contributed by atoms with E-state index >= 15 is 0 Å². The molecule has 0 bridgehead atoms. The quantitative estimate of drug-likeness (QED) is 0.622. The molecule has 0 saturated carbocycles. The molecule has 0 radical (unpaired) electrons. The van der Waals surface area contributed by atoms with Crippen LogP contribution in [0.2, 0.25) is 5.02 Å². The van der Waals surface area contributed by atoms with Gasteiger partial charge in [0.25, 0.3) is 0 Å². The maximum Gasteiger partial charge on any atom is 0.305 e. The number of esters is 1. The number of carbonyl (C=O) groups excluding carboxylic acids is 1. The summed E-state index contributed by atoms with van der Waals surface area (Å²) >= 11 is 7.74. The number of halogens is 1. The van der Waals surface area contributed by atoms with E-state index in [0.29, 0.717) is 11.4 Å². The van der Waals surface area contributed by atoms with Crippen molar-refractivity contribution in [2.24, 2.45) is 0 Å². The topological polar surface area (TPSA) is 51.2 Å². The van der Waals surface area contributed by atoms with Crippen LogP contribution >= 0.6 is 22.9 Å². The van der Waals surface area contributed by atoms with Crippen LogP contribution in [0.1, 0.15) is 45.2 Å². The molecule has 0 fully saturated rings. The molecule has 1 aromatic carbocycles. The van der Waals surface area contributed by atoms with Crippen molar-refractivity contribution in [3.8, 4) is 0 Å². The highest BCUT2D eigenvalue weighted by molar-refractivity contribution is 7.13. The average Bonchev–Trinajstić information content (AvgIpc) is 3.07. The van der Waals surface area contributed by atoms with Gasteiger partial charge in [0.05, 0.1) is 23.5 Å². The van der Waals surface area contributed by atoms with Crippen LogP contribution in [0.15, 0.2) is 29.6 Å². The van der Waals surface area contributed by atoms with Crippen LogP contribution < -0.4 is 5.32 Å². The van der Waals surface area contributed by atoms with Crippen LogP contribution in [0.5, 0.6) is 0 Å². The number of ether oxygens (including phenoxy) is 1. The van der Waals surface area contributed by atoms with Gasteiger partial charge in [-0.1, -0.05) is 37.6 Å². The van der Waals surface area contributed by atoms with E-state index in [4.69, 9.17) is 21.3 Å². The number of thiazole rings is 1. The zero-order valence-electron chi connectivity index (χ0n) is 14.3. The van der Waals surface area contributed by atoms with Gasteiger partial charge in [-0.25, -0.2) is 4.98 Å². The summed E-state index contributed by atoms with van der Waals surface area (Å²) < 4.78 is 4.78. The normalized spacial score (nSPS) is 11.3. The highest BCUT2D eigenvalue weighted by Crippen LogP contribution is 2.38. The van der Waals surface area contributed by atoms with Gasteiger partial charge in [0.1, 0.15) is 0 Å².